The normalized spacial score (nSPS) is 22.6. The molecule has 0 radical (unpaired) electrons. The summed E-state index contributed by atoms with van der Waals surface area (Å²) in [6, 6.07) is 0. The molecule has 0 bridgehead atoms. The summed E-state index contributed by atoms with van der Waals surface area (Å²) in [4.78, 5) is 0. The first kappa shape index (κ1) is 12.9. The van der Waals surface area contributed by atoms with Gasteiger partial charge in [0.15, 0.2) is 0 Å². The van der Waals surface area contributed by atoms with Crippen LogP contribution >= 0.6 is 0 Å². The number of hydrogen-bond acceptors (Lipinski definition) is 4. The summed E-state index contributed by atoms with van der Waals surface area (Å²) in [5, 5.41) is 10.1. The molecule has 0 aromatic carbocycles. The first-order valence-electron chi connectivity index (χ1n) is 5.55. The summed E-state index contributed by atoms with van der Waals surface area (Å²) < 4.78 is 15.8. The Morgan fingerprint density at radius 2 is 2.00 bits per heavy atom. The van der Waals surface area contributed by atoms with Gasteiger partial charge in [-0.2, -0.15) is 0 Å². The molecular formula is C11H22O4. The SMILES string of the molecule is COCCCC(O)C1(OC)CCOCC1. The second-order valence-electron chi connectivity index (χ2n) is 4.03. The van der Waals surface area contributed by atoms with E-state index in [9.17, 15) is 5.11 Å². The number of ether oxygens (including phenoxy) is 3. The van der Waals surface area contributed by atoms with Crippen LogP contribution in [-0.4, -0.2) is 50.9 Å². The summed E-state index contributed by atoms with van der Waals surface area (Å²) in [6.07, 6.45) is 2.72. The van der Waals surface area contributed by atoms with Crippen LogP contribution in [0.15, 0.2) is 0 Å². The van der Waals surface area contributed by atoms with Crippen LogP contribution < -0.4 is 0 Å². The van der Waals surface area contributed by atoms with Gasteiger partial charge in [-0.15, -0.1) is 0 Å². The van der Waals surface area contributed by atoms with E-state index in [0.717, 1.165) is 25.7 Å². The molecule has 0 aromatic rings. The summed E-state index contributed by atoms with van der Waals surface area (Å²) in [5.74, 6) is 0. The zero-order chi connectivity index (χ0) is 11.1. The number of aliphatic hydroxyl groups is 1. The van der Waals surface area contributed by atoms with Crippen molar-refractivity contribution in [3.8, 4) is 0 Å². The summed E-state index contributed by atoms with van der Waals surface area (Å²) in [5.41, 5.74) is -0.397. The maximum Gasteiger partial charge on any atom is 0.0980 e. The lowest BCUT2D eigenvalue weighted by Crippen LogP contribution is -2.48. The third kappa shape index (κ3) is 3.41. The van der Waals surface area contributed by atoms with Gasteiger partial charge in [-0.1, -0.05) is 0 Å². The fourth-order valence-corrected chi connectivity index (χ4v) is 2.07. The predicted octanol–water partition coefficient (Wildman–Crippen LogP) is 0.969. The van der Waals surface area contributed by atoms with E-state index in [4.69, 9.17) is 14.2 Å². The zero-order valence-corrected chi connectivity index (χ0v) is 9.70. The molecule has 1 N–H and O–H groups in total. The Bertz CT molecular complexity index is 166. The van der Waals surface area contributed by atoms with Crippen LogP contribution in [0.2, 0.25) is 0 Å². The zero-order valence-electron chi connectivity index (χ0n) is 9.70. The van der Waals surface area contributed by atoms with E-state index in [0.29, 0.717) is 19.8 Å². The van der Waals surface area contributed by atoms with Gasteiger partial charge < -0.3 is 19.3 Å². The van der Waals surface area contributed by atoms with E-state index in [-0.39, 0.29) is 0 Å². The molecule has 0 aromatic heterocycles. The summed E-state index contributed by atoms with van der Waals surface area (Å²) in [6.45, 7) is 2.04. The molecule has 15 heavy (non-hydrogen) atoms. The monoisotopic (exact) mass is 218 g/mol. The van der Waals surface area contributed by atoms with Gasteiger partial charge in [0.25, 0.3) is 0 Å². The van der Waals surface area contributed by atoms with E-state index in [2.05, 4.69) is 0 Å². The summed E-state index contributed by atoms with van der Waals surface area (Å²) >= 11 is 0. The Balaban J connectivity index is 2.40. The molecule has 0 amide bonds. The second kappa shape index (κ2) is 6.43. The Labute approximate surface area is 91.5 Å². The van der Waals surface area contributed by atoms with Crippen molar-refractivity contribution in [1.29, 1.82) is 0 Å². The molecule has 4 nitrogen and oxygen atoms in total. The van der Waals surface area contributed by atoms with Crippen LogP contribution in [0.25, 0.3) is 0 Å². The van der Waals surface area contributed by atoms with E-state index in [1.165, 1.54) is 0 Å². The average Bonchev–Trinajstić information content (AvgIpc) is 2.30. The van der Waals surface area contributed by atoms with E-state index < -0.39 is 11.7 Å². The van der Waals surface area contributed by atoms with Crippen LogP contribution in [0, 0.1) is 0 Å². The molecule has 1 atom stereocenters. The molecule has 1 heterocycles. The standard InChI is InChI=1S/C11H22O4/c1-13-7-3-4-10(12)11(14-2)5-8-15-9-6-11/h10,12H,3-9H2,1-2H3. The smallest absolute Gasteiger partial charge is 0.0980 e. The predicted molar refractivity (Wildman–Crippen MR) is 56.9 cm³/mol. The van der Waals surface area contributed by atoms with Crippen LogP contribution in [-0.2, 0) is 14.2 Å². The largest absolute Gasteiger partial charge is 0.390 e. The van der Waals surface area contributed by atoms with Crippen LogP contribution in [0.3, 0.4) is 0 Å². The van der Waals surface area contributed by atoms with Gasteiger partial charge in [-0.3, -0.25) is 0 Å². The molecule has 90 valence electrons. The maximum absolute atomic E-state index is 10.1. The highest BCUT2D eigenvalue weighted by Crippen LogP contribution is 2.30. The van der Waals surface area contributed by atoms with Crippen molar-refractivity contribution >= 4 is 0 Å². The van der Waals surface area contributed by atoms with Gasteiger partial charge in [-0.25, -0.2) is 0 Å². The van der Waals surface area contributed by atoms with Crippen molar-refractivity contribution in [1.82, 2.24) is 0 Å². The van der Waals surface area contributed by atoms with E-state index >= 15 is 0 Å². The van der Waals surface area contributed by atoms with Gasteiger partial charge >= 0.3 is 0 Å². The first-order chi connectivity index (χ1) is 7.25. The quantitative estimate of drug-likeness (QED) is 0.675. The number of aliphatic hydroxyl groups excluding tert-OH is 1. The molecule has 1 unspecified atom stereocenters. The number of methoxy groups -OCH3 is 2. The third-order valence-electron chi connectivity index (χ3n) is 3.18. The van der Waals surface area contributed by atoms with E-state index in [1.807, 2.05) is 0 Å². The lowest BCUT2D eigenvalue weighted by Gasteiger charge is -2.39. The van der Waals surface area contributed by atoms with Crippen LogP contribution in [0.5, 0.6) is 0 Å². The Hall–Kier alpha value is -0.160. The lowest BCUT2D eigenvalue weighted by molar-refractivity contribution is -0.154. The highest BCUT2D eigenvalue weighted by molar-refractivity contribution is 4.90. The van der Waals surface area contributed by atoms with Crippen molar-refractivity contribution in [2.24, 2.45) is 0 Å². The fourth-order valence-electron chi connectivity index (χ4n) is 2.07. The molecule has 1 fully saturated rings. The number of hydrogen-bond donors (Lipinski definition) is 1. The first-order valence-corrected chi connectivity index (χ1v) is 5.55. The highest BCUT2D eigenvalue weighted by Gasteiger charge is 2.39. The van der Waals surface area contributed by atoms with Gasteiger partial charge in [-0.05, 0) is 12.8 Å². The molecule has 1 saturated heterocycles. The van der Waals surface area contributed by atoms with Crippen molar-refractivity contribution in [2.45, 2.75) is 37.4 Å². The van der Waals surface area contributed by atoms with Crippen molar-refractivity contribution in [3.05, 3.63) is 0 Å². The highest BCUT2D eigenvalue weighted by atomic mass is 16.5. The van der Waals surface area contributed by atoms with E-state index in [1.54, 1.807) is 14.2 Å². The van der Waals surface area contributed by atoms with Crippen molar-refractivity contribution in [3.63, 3.8) is 0 Å². The number of rotatable bonds is 6. The van der Waals surface area contributed by atoms with Gasteiger partial charge in [0.2, 0.25) is 0 Å². The molecule has 0 saturated carbocycles. The molecular weight excluding hydrogens is 196 g/mol. The van der Waals surface area contributed by atoms with Crippen LogP contribution in [0.4, 0.5) is 0 Å². The van der Waals surface area contributed by atoms with Gasteiger partial charge in [0.1, 0.15) is 0 Å². The maximum atomic E-state index is 10.1. The molecule has 1 rings (SSSR count). The minimum Gasteiger partial charge on any atom is -0.390 e. The molecule has 4 heteroatoms. The van der Waals surface area contributed by atoms with Crippen LogP contribution in [0.1, 0.15) is 25.7 Å². The Kier molecular flexibility index (Phi) is 5.53. The lowest BCUT2D eigenvalue weighted by atomic mass is 9.85. The average molecular weight is 218 g/mol. The minimum absolute atomic E-state index is 0.397. The van der Waals surface area contributed by atoms with Crippen molar-refractivity contribution < 1.29 is 19.3 Å². The third-order valence-corrected chi connectivity index (χ3v) is 3.18. The molecule has 0 spiro atoms. The van der Waals surface area contributed by atoms with Crippen molar-refractivity contribution in [2.75, 3.05) is 34.0 Å². The molecule has 1 aliphatic heterocycles. The van der Waals surface area contributed by atoms with Gasteiger partial charge in [0, 0.05) is 46.9 Å². The Morgan fingerprint density at radius 3 is 2.53 bits per heavy atom. The van der Waals surface area contributed by atoms with Gasteiger partial charge in [0.05, 0.1) is 11.7 Å². The summed E-state index contributed by atoms with van der Waals surface area (Å²) in [7, 11) is 3.35. The molecule has 1 aliphatic rings. The topological polar surface area (TPSA) is 47.9 Å². The minimum atomic E-state index is -0.415. The second-order valence-corrected chi connectivity index (χ2v) is 4.03. The molecule has 0 aliphatic carbocycles. The Morgan fingerprint density at radius 1 is 1.33 bits per heavy atom. The fraction of sp³-hybridized carbons (Fsp3) is 1.00.